The lowest BCUT2D eigenvalue weighted by Gasteiger charge is -2.18. The predicted octanol–water partition coefficient (Wildman–Crippen LogP) is 4.50. The molecule has 0 saturated carbocycles. The van der Waals surface area contributed by atoms with Gasteiger partial charge in [0.25, 0.3) is 5.91 Å². The van der Waals surface area contributed by atoms with Gasteiger partial charge in [-0.15, -0.1) is 0 Å². The summed E-state index contributed by atoms with van der Waals surface area (Å²) in [6.45, 7) is 0. The molecule has 0 radical (unpaired) electrons. The first-order valence-corrected chi connectivity index (χ1v) is 13.7. The number of rotatable bonds is 8. The average molecular weight is 585 g/mol. The summed E-state index contributed by atoms with van der Waals surface area (Å²) in [6, 6.07) is 13.1. The maximum atomic E-state index is 14.6. The number of hydrogen-bond donors (Lipinski definition) is 3. The Balaban J connectivity index is 1.66. The second-order valence-corrected chi connectivity index (χ2v) is 10.9. The minimum Gasteiger partial charge on any atom is -0.480 e. The van der Waals surface area contributed by atoms with Crippen LogP contribution in [-0.4, -0.2) is 42.7 Å². The van der Waals surface area contributed by atoms with Gasteiger partial charge < -0.3 is 10.4 Å². The zero-order valence-corrected chi connectivity index (χ0v) is 22.1. The smallest absolute Gasteiger partial charge is 0.326 e. The molecule has 0 aliphatic carbocycles. The summed E-state index contributed by atoms with van der Waals surface area (Å²) in [5.41, 5.74) is 1.03. The van der Waals surface area contributed by atoms with E-state index in [4.69, 9.17) is 16.9 Å². The summed E-state index contributed by atoms with van der Waals surface area (Å²) in [4.78, 5) is 29.2. The van der Waals surface area contributed by atoms with Gasteiger partial charge >= 0.3 is 5.97 Å². The summed E-state index contributed by atoms with van der Waals surface area (Å²) < 4.78 is 53.8. The average Bonchev–Trinajstić information content (AvgIpc) is 2.87. The third-order valence-electron chi connectivity index (χ3n) is 5.85. The van der Waals surface area contributed by atoms with E-state index < -0.39 is 50.8 Å². The van der Waals surface area contributed by atoms with Gasteiger partial charge in [-0.2, -0.15) is 5.26 Å². The molecule has 1 atom stereocenters. The number of hydrogen-bond acceptors (Lipinski definition) is 6. The minimum absolute atomic E-state index is 0.262. The topological polar surface area (TPSA) is 149 Å². The molecule has 0 fully saturated rings. The fourth-order valence-electron chi connectivity index (χ4n) is 4.14. The van der Waals surface area contributed by atoms with E-state index in [1.54, 1.807) is 36.4 Å². The fourth-order valence-corrected chi connectivity index (χ4v) is 4.97. The number of halogens is 3. The lowest BCUT2D eigenvalue weighted by atomic mass is 9.94. The van der Waals surface area contributed by atoms with Crippen molar-refractivity contribution in [1.82, 2.24) is 10.3 Å². The van der Waals surface area contributed by atoms with Gasteiger partial charge in [0.05, 0.1) is 29.1 Å². The van der Waals surface area contributed by atoms with Crippen molar-refractivity contribution in [3.8, 4) is 17.2 Å². The van der Waals surface area contributed by atoms with Crippen LogP contribution in [-0.2, 0) is 21.2 Å². The first-order valence-electron chi connectivity index (χ1n) is 11.4. The Morgan fingerprint density at radius 2 is 1.77 bits per heavy atom. The van der Waals surface area contributed by atoms with Crippen molar-refractivity contribution in [3.05, 3.63) is 94.1 Å². The lowest BCUT2D eigenvalue weighted by Crippen LogP contribution is -2.43. The third-order valence-corrected chi connectivity index (χ3v) is 6.77. The highest BCUT2D eigenvalue weighted by Crippen LogP contribution is 2.35. The maximum absolute atomic E-state index is 14.6. The van der Waals surface area contributed by atoms with Gasteiger partial charge in [0.1, 0.15) is 23.2 Å². The van der Waals surface area contributed by atoms with E-state index in [2.05, 4.69) is 10.3 Å². The largest absolute Gasteiger partial charge is 0.480 e. The normalized spacial score (nSPS) is 12.0. The number of nitrogens with zero attached hydrogens (tertiary/aromatic N) is 2. The van der Waals surface area contributed by atoms with E-state index in [1.807, 2.05) is 10.8 Å². The van der Waals surface area contributed by atoms with Crippen molar-refractivity contribution in [1.29, 1.82) is 5.26 Å². The number of carboxylic acids is 1. The Labute approximate surface area is 232 Å². The molecule has 1 unspecified atom stereocenters. The van der Waals surface area contributed by atoms with Crippen LogP contribution in [0.3, 0.4) is 0 Å². The zero-order chi connectivity index (χ0) is 29.2. The molecule has 0 aliphatic rings. The molecule has 1 heterocycles. The third kappa shape index (κ3) is 6.17. The molecule has 0 saturated heterocycles. The van der Waals surface area contributed by atoms with Crippen LogP contribution >= 0.6 is 11.6 Å². The van der Waals surface area contributed by atoms with Crippen LogP contribution in [0.25, 0.3) is 22.0 Å². The number of nitriles is 1. The molecule has 1 aromatic heterocycles. The van der Waals surface area contributed by atoms with Gasteiger partial charge in [-0.3, -0.25) is 14.5 Å². The molecule has 0 spiro atoms. The van der Waals surface area contributed by atoms with E-state index in [1.165, 1.54) is 12.3 Å². The van der Waals surface area contributed by atoms with Gasteiger partial charge in [-0.25, -0.2) is 22.0 Å². The summed E-state index contributed by atoms with van der Waals surface area (Å²) in [5, 5.41) is 21.9. The number of nitrogens with one attached hydrogen (secondary N) is 2. The number of carboxylic acid groups (broad SMARTS) is 1. The Hall–Kier alpha value is -4.60. The Bertz CT molecular complexity index is 1800. The van der Waals surface area contributed by atoms with Crippen molar-refractivity contribution in [2.24, 2.45) is 0 Å². The van der Waals surface area contributed by atoms with Gasteiger partial charge in [0, 0.05) is 34.2 Å². The van der Waals surface area contributed by atoms with E-state index in [0.29, 0.717) is 50.3 Å². The van der Waals surface area contributed by atoms with Crippen LogP contribution in [0.5, 0.6) is 0 Å². The Morgan fingerprint density at radius 1 is 1.10 bits per heavy atom. The lowest BCUT2D eigenvalue weighted by molar-refractivity contribution is -0.139. The van der Waals surface area contributed by atoms with Crippen LogP contribution in [0.1, 0.15) is 21.5 Å². The number of anilines is 1. The maximum Gasteiger partial charge on any atom is 0.326 e. The number of carbonyl (C=O) groups is 2. The van der Waals surface area contributed by atoms with Crippen LogP contribution in [0.4, 0.5) is 14.5 Å². The quantitative estimate of drug-likeness (QED) is 0.276. The number of sulfonamides is 1. The van der Waals surface area contributed by atoms with Crippen LogP contribution in [0.15, 0.2) is 60.8 Å². The van der Waals surface area contributed by atoms with Gasteiger partial charge in [0.2, 0.25) is 10.0 Å². The molecular weight excluding hydrogens is 566 g/mol. The van der Waals surface area contributed by atoms with Gasteiger partial charge in [-0.05, 0) is 35.9 Å². The predicted molar refractivity (Wildman–Crippen MR) is 144 cm³/mol. The van der Waals surface area contributed by atoms with Crippen molar-refractivity contribution >= 4 is 50.1 Å². The number of amides is 1. The monoisotopic (exact) mass is 584 g/mol. The van der Waals surface area contributed by atoms with Crippen LogP contribution in [0, 0.1) is 23.0 Å². The summed E-state index contributed by atoms with van der Waals surface area (Å²) in [6.07, 6.45) is 2.06. The van der Waals surface area contributed by atoms with E-state index >= 15 is 0 Å². The highest BCUT2D eigenvalue weighted by Gasteiger charge is 2.27. The highest BCUT2D eigenvalue weighted by atomic mass is 35.5. The highest BCUT2D eigenvalue weighted by molar-refractivity contribution is 7.92. The van der Waals surface area contributed by atoms with Gasteiger partial charge in [0.15, 0.2) is 0 Å². The summed E-state index contributed by atoms with van der Waals surface area (Å²) in [7, 11) is -3.84. The fraction of sp³-hybridized carbons (Fsp3) is 0.111. The van der Waals surface area contributed by atoms with Crippen molar-refractivity contribution in [3.63, 3.8) is 0 Å². The number of aromatic nitrogens is 1. The Kier molecular flexibility index (Phi) is 7.99. The van der Waals surface area contributed by atoms with Crippen molar-refractivity contribution in [2.75, 3.05) is 11.0 Å². The number of benzene rings is 3. The molecular formula is C27H19ClF2N4O5S. The molecule has 204 valence electrons. The second kappa shape index (κ2) is 11.3. The Morgan fingerprint density at radius 3 is 2.38 bits per heavy atom. The molecule has 1 amide bonds. The molecule has 3 N–H and O–H groups in total. The molecule has 0 bridgehead atoms. The summed E-state index contributed by atoms with van der Waals surface area (Å²) in [5.74, 6) is -5.56. The zero-order valence-electron chi connectivity index (χ0n) is 20.6. The van der Waals surface area contributed by atoms with Gasteiger partial charge in [-0.1, -0.05) is 35.9 Å². The second-order valence-electron chi connectivity index (χ2n) is 8.74. The van der Waals surface area contributed by atoms with E-state index in [9.17, 15) is 31.9 Å². The molecule has 13 heteroatoms. The number of pyridine rings is 1. The van der Waals surface area contributed by atoms with Crippen molar-refractivity contribution in [2.45, 2.75) is 12.5 Å². The molecule has 4 rings (SSSR count). The first kappa shape index (κ1) is 28.4. The van der Waals surface area contributed by atoms with Crippen LogP contribution < -0.4 is 10.0 Å². The molecule has 9 nitrogen and oxygen atoms in total. The van der Waals surface area contributed by atoms with Crippen LogP contribution in [0.2, 0.25) is 5.02 Å². The number of carbonyl (C=O) groups excluding carboxylic acids is 1. The number of fused-ring (bicyclic) bond motifs is 1. The minimum atomic E-state index is -3.84. The van der Waals surface area contributed by atoms with E-state index in [-0.39, 0.29) is 6.42 Å². The molecule has 3 aromatic carbocycles. The molecule has 4 aromatic rings. The first-order chi connectivity index (χ1) is 18.9. The van der Waals surface area contributed by atoms with Crippen molar-refractivity contribution < 1.29 is 31.9 Å². The standard InChI is InChI=1S/C27H19ClF2N4O5S/c1-40(38,39)34-16-11-21(29)24(22(30)12-16)26(35)33-23(27(36)37)10-15-5-7-19(25-17(15)3-2-8-32-25)18-6-4-14(13-31)9-20(18)28/h2-9,11-12,23,34H,10H2,1H3,(H,33,35)(H,36,37). The van der Waals surface area contributed by atoms with E-state index in [0.717, 1.165) is 6.26 Å². The SMILES string of the molecule is CS(=O)(=O)Nc1cc(F)c(C(=O)NC(Cc2ccc(-c3ccc(C#N)cc3Cl)c3ncccc23)C(=O)O)c(F)c1. The summed E-state index contributed by atoms with van der Waals surface area (Å²) >= 11 is 6.39. The molecule has 0 aliphatic heterocycles. The number of aliphatic carboxylic acids is 1. The molecule has 40 heavy (non-hydrogen) atoms.